The molecule has 2 amide bonds. The van der Waals surface area contributed by atoms with Crippen LogP contribution in [0.3, 0.4) is 0 Å². The second-order valence-electron chi connectivity index (χ2n) is 8.13. The summed E-state index contributed by atoms with van der Waals surface area (Å²) >= 11 is 0. The number of amides is 2. The number of hydrogen-bond donors (Lipinski definition) is 2. The van der Waals surface area contributed by atoms with Gasteiger partial charge in [-0.25, -0.2) is 4.79 Å². The maximum absolute atomic E-state index is 12.1. The van der Waals surface area contributed by atoms with Crippen LogP contribution in [0.25, 0.3) is 0 Å². The molecule has 0 fully saturated rings. The zero-order chi connectivity index (χ0) is 20.0. The van der Waals surface area contributed by atoms with Crippen molar-refractivity contribution in [2.75, 3.05) is 18.5 Å². The molecule has 2 aromatic rings. The number of hydrogen-bond acceptors (Lipinski definition) is 2. The van der Waals surface area contributed by atoms with Crippen LogP contribution >= 0.6 is 0 Å². The van der Waals surface area contributed by atoms with E-state index in [-0.39, 0.29) is 11.4 Å². The van der Waals surface area contributed by atoms with Crippen LogP contribution in [-0.4, -0.2) is 19.2 Å². The van der Waals surface area contributed by atoms with Gasteiger partial charge in [0.1, 0.15) is 5.75 Å². The molecule has 0 spiro atoms. The molecule has 0 aromatic heterocycles. The molecule has 0 atom stereocenters. The smallest absolute Gasteiger partial charge is 0.319 e. The van der Waals surface area contributed by atoms with E-state index in [0.717, 1.165) is 29.0 Å². The Morgan fingerprint density at radius 3 is 2.15 bits per heavy atom. The molecule has 0 aliphatic rings. The Labute approximate surface area is 163 Å². The average Bonchev–Trinajstić information content (AvgIpc) is 2.57. The van der Waals surface area contributed by atoms with Crippen LogP contribution in [0.2, 0.25) is 0 Å². The first-order valence-electron chi connectivity index (χ1n) is 9.53. The lowest BCUT2D eigenvalue weighted by atomic mass is 9.87. The van der Waals surface area contributed by atoms with Gasteiger partial charge >= 0.3 is 6.03 Å². The molecule has 2 rings (SSSR count). The van der Waals surface area contributed by atoms with Crippen LogP contribution in [-0.2, 0) is 5.41 Å². The minimum absolute atomic E-state index is 0.143. The lowest BCUT2D eigenvalue weighted by Crippen LogP contribution is -2.30. The molecule has 4 nitrogen and oxygen atoms in total. The molecule has 0 aliphatic carbocycles. The summed E-state index contributed by atoms with van der Waals surface area (Å²) < 4.78 is 5.75. The van der Waals surface area contributed by atoms with E-state index in [4.69, 9.17) is 4.74 Å². The Balaban J connectivity index is 1.72. The Bertz CT molecular complexity index is 751. The van der Waals surface area contributed by atoms with Crippen molar-refractivity contribution in [3.05, 3.63) is 58.7 Å². The molecule has 146 valence electrons. The van der Waals surface area contributed by atoms with E-state index >= 15 is 0 Å². The highest BCUT2D eigenvalue weighted by atomic mass is 16.5. The normalized spacial score (nSPS) is 11.2. The quantitative estimate of drug-likeness (QED) is 0.662. The van der Waals surface area contributed by atoms with Gasteiger partial charge in [-0.05, 0) is 61.4 Å². The predicted octanol–water partition coefficient (Wildman–Crippen LogP) is 5.50. The van der Waals surface area contributed by atoms with Gasteiger partial charge in [-0.3, -0.25) is 0 Å². The van der Waals surface area contributed by atoms with Gasteiger partial charge in [-0.15, -0.1) is 0 Å². The van der Waals surface area contributed by atoms with Gasteiger partial charge in [0.2, 0.25) is 0 Å². The summed E-state index contributed by atoms with van der Waals surface area (Å²) in [6.45, 7) is 13.8. The number of carbonyl (C=O) groups is 1. The first kappa shape index (κ1) is 20.8. The fourth-order valence-corrected chi connectivity index (χ4v) is 3.05. The largest absolute Gasteiger partial charge is 0.494 e. The first-order chi connectivity index (χ1) is 12.7. The highest BCUT2D eigenvalue weighted by Gasteiger charge is 2.13. The molecule has 2 aromatic carbocycles. The summed E-state index contributed by atoms with van der Waals surface area (Å²) in [4.78, 5) is 12.1. The van der Waals surface area contributed by atoms with Crippen molar-refractivity contribution in [3.63, 3.8) is 0 Å². The summed E-state index contributed by atoms with van der Waals surface area (Å²) in [7, 11) is 0. The maximum atomic E-state index is 12.1. The molecule has 2 N–H and O–H groups in total. The average molecular weight is 369 g/mol. The van der Waals surface area contributed by atoms with Crippen LogP contribution in [0.15, 0.2) is 36.4 Å². The number of anilines is 1. The molecule has 0 heterocycles. The van der Waals surface area contributed by atoms with Crippen LogP contribution in [0.5, 0.6) is 5.75 Å². The lowest BCUT2D eigenvalue weighted by Gasteiger charge is -2.19. The summed E-state index contributed by atoms with van der Waals surface area (Å²) in [6, 6.07) is 12.2. The summed E-state index contributed by atoms with van der Waals surface area (Å²) in [5, 5.41) is 5.83. The number of urea groups is 1. The minimum Gasteiger partial charge on any atom is -0.494 e. The molecular formula is C23H32N2O2. The fraction of sp³-hybridized carbons (Fsp3) is 0.435. The van der Waals surface area contributed by atoms with Crippen molar-refractivity contribution in [2.24, 2.45) is 0 Å². The van der Waals surface area contributed by atoms with Gasteiger partial charge < -0.3 is 15.4 Å². The molecule has 0 bridgehead atoms. The minimum atomic E-state index is -0.181. The number of carbonyl (C=O) groups excluding carboxylic acids is 1. The van der Waals surface area contributed by atoms with Gasteiger partial charge in [0.15, 0.2) is 0 Å². The van der Waals surface area contributed by atoms with E-state index in [1.165, 1.54) is 11.1 Å². The summed E-state index contributed by atoms with van der Waals surface area (Å²) in [6.07, 6.45) is 0.750. The maximum Gasteiger partial charge on any atom is 0.319 e. The zero-order valence-electron chi connectivity index (χ0n) is 17.4. The van der Waals surface area contributed by atoms with E-state index < -0.39 is 0 Å². The van der Waals surface area contributed by atoms with E-state index in [2.05, 4.69) is 62.6 Å². The number of nitrogens with one attached hydrogen (secondary N) is 2. The summed E-state index contributed by atoms with van der Waals surface area (Å²) in [5.41, 5.74) is 5.66. The first-order valence-corrected chi connectivity index (χ1v) is 9.53. The summed E-state index contributed by atoms with van der Waals surface area (Å²) in [5.74, 6) is 0.860. The van der Waals surface area contributed by atoms with E-state index in [0.29, 0.717) is 13.2 Å². The van der Waals surface area contributed by atoms with Crippen molar-refractivity contribution < 1.29 is 9.53 Å². The van der Waals surface area contributed by atoms with Gasteiger partial charge in [0.05, 0.1) is 6.61 Å². The molecule has 0 radical (unpaired) electrons. The van der Waals surface area contributed by atoms with E-state index in [1.54, 1.807) is 0 Å². The van der Waals surface area contributed by atoms with Crippen molar-refractivity contribution in [2.45, 2.75) is 53.4 Å². The Kier molecular flexibility index (Phi) is 6.89. The van der Waals surface area contributed by atoms with Gasteiger partial charge in [0.25, 0.3) is 0 Å². The molecule has 0 aliphatic heterocycles. The molecule has 0 saturated heterocycles. The lowest BCUT2D eigenvalue weighted by molar-refractivity contribution is 0.250. The third-order valence-corrected chi connectivity index (χ3v) is 4.51. The predicted molar refractivity (Wildman–Crippen MR) is 113 cm³/mol. The van der Waals surface area contributed by atoms with Crippen molar-refractivity contribution >= 4 is 11.7 Å². The topological polar surface area (TPSA) is 50.4 Å². The van der Waals surface area contributed by atoms with Crippen LogP contribution < -0.4 is 15.4 Å². The van der Waals surface area contributed by atoms with Crippen LogP contribution in [0.1, 0.15) is 49.4 Å². The third-order valence-electron chi connectivity index (χ3n) is 4.51. The molecular weight excluding hydrogens is 336 g/mol. The monoisotopic (exact) mass is 368 g/mol. The number of rotatable bonds is 6. The standard InChI is InChI=1S/C23H32N2O2/c1-16-14-17(2)21(18(3)15-16)25-22(26)24-12-7-13-27-20-10-8-19(9-11-20)23(4,5)6/h8-11,14-15H,7,12-13H2,1-6H3,(H2,24,25,26). The fourth-order valence-electron chi connectivity index (χ4n) is 3.05. The highest BCUT2D eigenvalue weighted by molar-refractivity contribution is 5.91. The molecule has 0 unspecified atom stereocenters. The SMILES string of the molecule is Cc1cc(C)c(NC(=O)NCCCOc2ccc(C(C)(C)C)cc2)c(C)c1. The molecule has 4 heteroatoms. The third kappa shape index (κ3) is 6.31. The van der Waals surface area contributed by atoms with Gasteiger partial charge in [0, 0.05) is 12.2 Å². The van der Waals surface area contributed by atoms with E-state index in [1.807, 2.05) is 26.0 Å². The number of benzene rings is 2. The van der Waals surface area contributed by atoms with Crippen molar-refractivity contribution in [3.8, 4) is 5.75 Å². The van der Waals surface area contributed by atoms with Crippen LogP contribution in [0.4, 0.5) is 10.5 Å². The molecule has 0 saturated carbocycles. The molecule has 27 heavy (non-hydrogen) atoms. The van der Waals surface area contributed by atoms with Gasteiger partial charge in [-0.2, -0.15) is 0 Å². The van der Waals surface area contributed by atoms with E-state index in [9.17, 15) is 4.79 Å². The van der Waals surface area contributed by atoms with Crippen molar-refractivity contribution in [1.29, 1.82) is 0 Å². The van der Waals surface area contributed by atoms with Gasteiger partial charge in [-0.1, -0.05) is 50.6 Å². The second-order valence-corrected chi connectivity index (χ2v) is 8.13. The second kappa shape index (κ2) is 8.94. The number of aryl methyl sites for hydroxylation is 3. The Morgan fingerprint density at radius 2 is 1.59 bits per heavy atom. The zero-order valence-corrected chi connectivity index (χ0v) is 17.4. The highest BCUT2D eigenvalue weighted by Crippen LogP contribution is 2.24. The Hall–Kier alpha value is -2.49. The Morgan fingerprint density at radius 1 is 1.00 bits per heavy atom. The number of ether oxygens (including phenoxy) is 1. The van der Waals surface area contributed by atoms with Crippen LogP contribution in [0, 0.1) is 20.8 Å². The van der Waals surface area contributed by atoms with Crippen molar-refractivity contribution in [1.82, 2.24) is 5.32 Å².